The predicted octanol–water partition coefficient (Wildman–Crippen LogP) is -0.269. The molecule has 6 heavy (non-hydrogen) atoms. The first-order valence-electron chi connectivity index (χ1n) is 2.26. The normalized spacial score (nSPS) is 9.17. The van der Waals surface area contributed by atoms with Gasteiger partial charge in [0.15, 0.2) is 0 Å². The van der Waals surface area contributed by atoms with E-state index in [0.717, 1.165) is 7.48 Å². The van der Waals surface area contributed by atoms with Crippen LogP contribution in [-0.2, 0) is 4.57 Å². The Labute approximate surface area is 40.8 Å². The van der Waals surface area contributed by atoms with E-state index in [-0.39, 0.29) is 0 Å². The lowest BCUT2D eigenvalue weighted by Crippen LogP contribution is -1.97. The van der Waals surface area contributed by atoms with Gasteiger partial charge in [0.2, 0.25) is 8.05 Å². The van der Waals surface area contributed by atoms with Gasteiger partial charge in [-0.05, 0) is 5.82 Å². The largest absolute Gasteiger partial charge is 0.506 e. The second-order valence-electron chi connectivity index (χ2n) is 1.85. The van der Waals surface area contributed by atoms with Crippen LogP contribution in [0.5, 0.6) is 0 Å². The van der Waals surface area contributed by atoms with Gasteiger partial charge >= 0.3 is 0 Å². The highest BCUT2D eigenvalue weighted by atomic mass is 16.4. The average Bonchev–Trinajstić information content (AvgIpc) is 1.35. The number of hydrogen-bond acceptors (Lipinski definition) is 1. The molecule has 1 nitrogen and oxygen atoms in total. The van der Waals surface area contributed by atoms with Crippen molar-refractivity contribution in [3.63, 3.8) is 0 Å². The van der Waals surface area contributed by atoms with Crippen LogP contribution in [-0.4, -0.2) is 15.5 Å². The molecule has 0 amide bonds. The molecule has 0 N–H and O–H groups in total. The fourth-order valence-corrected chi connectivity index (χ4v) is 0.333. The summed E-state index contributed by atoms with van der Waals surface area (Å²) in [4.78, 5) is 0. The van der Waals surface area contributed by atoms with Gasteiger partial charge < -0.3 is 4.57 Å². The molecule has 0 heterocycles. The fraction of sp³-hybridized carbons (Fsp3) is 1.00. The lowest BCUT2D eigenvalue weighted by atomic mass is 9.83. The molecule has 0 unspecified atom stereocenters. The van der Waals surface area contributed by atoms with Crippen LogP contribution < -0.4 is 0 Å². The van der Waals surface area contributed by atoms with Gasteiger partial charge in [0, 0.05) is 0 Å². The van der Waals surface area contributed by atoms with E-state index < -0.39 is 0 Å². The second-order valence-corrected chi connectivity index (χ2v) is 1.85. The zero-order valence-corrected chi connectivity index (χ0v) is 4.69. The fourth-order valence-electron chi connectivity index (χ4n) is 0.333. The van der Waals surface area contributed by atoms with Crippen LogP contribution in [0.1, 0.15) is 13.8 Å². The lowest BCUT2D eigenvalue weighted by molar-refractivity contribution is 0.644. The zero-order valence-electron chi connectivity index (χ0n) is 4.69. The molecule has 0 radical (unpaired) electrons. The van der Waals surface area contributed by atoms with Crippen molar-refractivity contribution >= 4 is 15.5 Å². The maximum Gasteiger partial charge on any atom is 0.259 e. The van der Waals surface area contributed by atoms with Crippen LogP contribution in [0.3, 0.4) is 0 Å². The monoisotopic (exact) mass is 84.1 g/mol. The predicted molar refractivity (Wildman–Crippen MR) is 31.9 cm³/mol. The molecule has 0 atom stereocenters. The van der Waals surface area contributed by atoms with Crippen molar-refractivity contribution in [3.05, 3.63) is 0 Å². The zero-order chi connectivity index (χ0) is 4.99. The van der Waals surface area contributed by atoms with Crippen molar-refractivity contribution in [2.24, 2.45) is 0 Å². The number of hydrogen-bond donors (Lipinski definition) is 0. The van der Waals surface area contributed by atoms with E-state index in [9.17, 15) is 0 Å². The standard InChI is InChI=1S/C3H10B2O/c1-3(2)5-6-4/h3,5H,4H2,1-2H3. The molecule has 0 rings (SSSR count). The Kier molecular flexibility index (Phi) is 3.34. The van der Waals surface area contributed by atoms with Gasteiger partial charge in [0.25, 0.3) is 7.48 Å². The van der Waals surface area contributed by atoms with E-state index in [0.29, 0.717) is 5.82 Å². The van der Waals surface area contributed by atoms with E-state index in [2.05, 4.69) is 13.8 Å². The van der Waals surface area contributed by atoms with Gasteiger partial charge in [-0.15, -0.1) is 0 Å². The van der Waals surface area contributed by atoms with Crippen LogP contribution in [0.15, 0.2) is 0 Å². The van der Waals surface area contributed by atoms with Crippen molar-refractivity contribution in [3.8, 4) is 0 Å². The Bertz CT molecular complexity index is 30.0. The molecule has 3 heteroatoms. The van der Waals surface area contributed by atoms with E-state index in [1.165, 1.54) is 0 Å². The molecular weight excluding hydrogens is 73.7 g/mol. The van der Waals surface area contributed by atoms with Gasteiger partial charge in [-0.25, -0.2) is 0 Å². The van der Waals surface area contributed by atoms with Gasteiger partial charge in [0.1, 0.15) is 0 Å². The van der Waals surface area contributed by atoms with Crippen LogP contribution in [0.4, 0.5) is 0 Å². The maximum atomic E-state index is 4.80. The molecule has 0 aliphatic heterocycles. The summed E-state index contributed by atoms with van der Waals surface area (Å²) < 4.78 is 4.80. The minimum atomic E-state index is 0.676. The van der Waals surface area contributed by atoms with Crippen LogP contribution in [0, 0.1) is 0 Å². The van der Waals surface area contributed by atoms with Gasteiger partial charge in [0.05, 0.1) is 0 Å². The highest BCUT2D eigenvalue weighted by Crippen LogP contribution is 1.93. The maximum absolute atomic E-state index is 4.80. The molecule has 0 aliphatic carbocycles. The SMILES string of the molecule is BOBC(C)C. The van der Waals surface area contributed by atoms with E-state index >= 15 is 0 Å². The lowest BCUT2D eigenvalue weighted by Gasteiger charge is -1.95. The van der Waals surface area contributed by atoms with Crippen molar-refractivity contribution in [1.29, 1.82) is 0 Å². The molecule has 0 saturated carbocycles. The highest BCUT2D eigenvalue weighted by molar-refractivity contribution is 6.35. The van der Waals surface area contributed by atoms with Crippen molar-refractivity contribution in [2.75, 3.05) is 0 Å². The Morgan fingerprint density at radius 3 is 2.17 bits per heavy atom. The topological polar surface area (TPSA) is 9.23 Å². The summed E-state index contributed by atoms with van der Waals surface area (Å²) in [6.07, 6.45) is 0. The molecule has 34 valence electrons. The third kappa shape index (κ3) is 4.09. The smallest absolute Gasteiger partial charge is 0.259 e. The quantitative estimate of drug-likeness (QED) is 0.418. The Hall–Kier alpha value is 0.0899. The van der Waals surface area contributed by atoms with Gasteiger partial charge in [-0.2, -0.15) is 0 Å². The summed E-state index contributed by atoms with van der Waals surface area (Å²) in [6.45, 7) is 4.26. The molecule has 0 saturated heterocycles. The first kappa shape index (κ1) is 6.09. The van der Waals surface area contributed by atoms with Crippen LogP contribution in [0.25, 0.3) is 0 Å². The molecule has 0 aromatic carbocycles. The minimum Gasteiger partial charge on any atom is -0.506 e. The Morgan fingerprint density at radius 1 is 1.67 bits per heavy atom. The second kappa shape index (κ2) is 3.29. The van der Waals surface area contributed by atoms with Gasteiger partial charge in [-0.1, -0.05) is 13.8 Å². The summed E-state index contributed by atoms with van der Waals surface area (Å²) in [5.41, 5.74) is 0. The van der Waals surface area contributed by atoms with Crippen LogP contribution >= 0.6 is 0 Å². The highest BCUT2D eigenvalue weighted by Gasteiger charge is 1.90. The summed E-state index contributed by atoms with van der Waals surface area (Å²) in [5.74, 6) is 0.676. The van der Waals surface area contributed by atoms with E-state index in [1.54, 1.807) is 8.05 Å². The molecule has 0 bridgehead atoms. The average molecular weight is 83.7 g/mol. The molecule has 0 aromatic rings. The summed E-state index contributed by atoms with van der Waals surface area (Å²) in [7, 11) is 2.60. The van der Waals surface area contributed by atoms with E-state index in [4.69, 9.17) is 4.57 Å². The van der Waals surface area contributed by atoms with Crippen molar-refractivity contribution < 1.29 is 4.57 Å². The first-order valence-corrected chi connectivity index (χ1v) is 2.26. The van der Waals surface area contributed by atoms with Crippen LogP contribution in [0.2, 0.25) is 5.82 Å². The third-order valence-electron chi connectivity index (χ3n) is 0.500. The summed E-state index contributed by atoms with van der Waals surface area (Å²) >= 11 is 0. The molecular formula is C3H10B2O. The first-order chi connectivity index (χ1) is 2.77. The molecule has 0 aliphatic rings. The number of rotatable bonds is 2. The summed E-state index contributed by atoms with van der Waals surface area (Å²) in [5, 5.41) is 0. The van der Waals surface area contributed by atoms with Crippen molar-refractivity contribution in [1.82, 2.24) is 0 Å². The minimum absolute atomic E-state index is 0.676. The van der Waals surface area contributed by atoms with Gasteiger partial charge in [-0.3, -0.25) is 0 Å². The van der Waals surface area contributed by atoms with E-state index in [1.807, 2.05) is 0 Å². The van der Waals surface area contributed by atoms with Crippen molar-refractivity contribution in [2.45, 2.75) is 19.7 Å². The molecule has 0 fully saturated rings. The summed E-state index contributed by atoms with van der Waals surface area (Å²) in [6, 6.07) is 0. The Morgan fingerprint density at radius 2 is 2.17 bits per heavy atom. The Balaban J connectivity index is 2.63. The molecule has 0 spiro atoms. The third-order valence-corrected chi connectivity index (χ3v) is 0.500. The molecule has 0 aromatic heterocycles.